The molecule has 0 radical (unpaired) electrons. The smallest absolute Gasteiger partial charge is 0.305 e. The van der Waals surface area contributed by atoms with Crippen LogP contribution in [-0.2, 0) is 16.1 Å². The molecule has 35 heavy (non-hydrogen) atoms. The summed E-state index contributed by atoms with van der Waals surface area (Å²) in [5.74, 6) is 1.16. The first kappa shape index (κ1) is 22.4. The third-order valence-electron chi connectivity index (χ3n) is 5.71. The molecular weight excluding hydrogens is 438 g/mol. The summed E-state index contributed by atoms with van der Waals surface area (Å²) in [6.45, 7) is 2.74. The summed E-state index contributed by atoms with van der Waals surface area (Å²) in [5.41, 5.74) is 5.73. The molecule has 0 saturated carbocycles. The van der Waals surface area contributed by atoms with Gasteiger partial charge in [-0.2, -0.15) is 5.10 Å². The molecule has 7 heteroatoms. The molecule has 0 atom stereocenters. The number of ether oxygens (including phenoxy) is 1. The van der Waals surface area contributed by atoms with Gasteiger partial charge in [-0.25, -0.2) is 9.67 Å². The topological polar surface area (TPSA) is 82.8 Å². The molecule has 0 fully saturated rings. The van der Waals surface area contributed by atoms with Crippen molar-refractivity contribution in [1.82, 2.24) is 24.7 Å². The summed E-state index contributed by atoms with van der Waals surface area (Å²) in [4.78, 5) is 25.5. The van der Waals surface area contributed by atoms with Crippen molar-refractivity contribution in [2.75, 3.05) is 6.61 Å². The van der Waals surface area contributed by atoms with Crippen molar-refractivity contribution in [2.24, 2.45) is 0 Å². The second-order valence-electron chi connectivity index (χ2n) is 8.09. The number of rotatable bonds is 8. The van der Waals surface area contributed by atoms with E-state index < -0.39 is 0 Å². The van der Waals surface area contributed by atoms with Gasteiger partial charge in [0.25, 0.3) is 0 Å². The number of nitrogens with zero attached hydrogens (tertiary/aromatic N) is 5. The van der Waals surface area contributed by atoms with E-state index in [0.29, 0.717) is 31.8 Å². The van der Waals surface area contributed by atoms with E-state index in [0.717, 1.165) is 39.1 Å². The van der Waals surface area contributed by atoms with Crippen molar-refractivity contribution in [2.45, 2.75) is 26.3 Å². The lowest BCUT2D eigenvalue weighted by Gasteiger charge is -2.07. The van der Waals surface area contributed by atoms with E-state index in [2.05, 4.69) is 34.2 Å². The first-order valence-corrected chi connectivity index (χ1v) is 11.7. The molecule has 2 heterocycles. The van der Waals surface area contributed by atoms with Crippen LogP contribution >= 0.6 is 0 Å². The summed E-state index contributed by atoms with van der Waals surface area (Å²) in [6.07, 6.45) is 4.29. The Morgan fingerprint density at radius 1 is 0.829 bits per heavy atom. The highest BCUT2D eigenvalue weighted by Gasteiger charge is 2.15. The second-order valence-corrected chi connectivity index (χ2v) is 8.09. The van der Waals surface area contributed by atoms with Gasteiger partial charge in [0.15, 0.2) is 11.6 Å². The zero-order valence-electron chi connectivity index (χ0n) is 19.5. The van der Waals surface area contributed by atoms with Gasteiger partial charge in [-0.15, -0.1) is 0 Å². The lowest BCUT2D eigenvalue weighted by Crippen LogP contribution is -2.08. The molecule has 5 aromatic rings. The van der Waals surface area contributed by atoms with Crippen LogP contribution < -0.4 is 0 Å². The SMILES string of the molecule is CCOC(=O)CCCn1nc(-c2ccc(-c3ccccc3)cc2)nc1-c1ccc2nccnc2c1. The highest BCUT2D eigenvalue weighted by atomic mass is 16.5. The quantitative estimate of drug-likeness (QED) is 0.280. The number of esters is 1. The Morgan fingerprint density at radius 3 is 2.29 bits per heavy atom. The Bertz CT molecular complexity index is 1450. The number of fused-ring (bicyclic) bond motifs is 1. The molecule has 0 bridgehead atoms. The summed E-state index contributed by atoms with van der Waals surface area (Å²) >= 11 is 0. The normalized spacial score (nSPS) is 11.0. The fraction of sp³-hybridized carbons (Fsp3) is 0.179. The highest BCUT2D eigenvalue weighted by Crippen LogP contribution is 2.27. The largest absolute Gasteiger partial charge is 0.466 e. The van der Waals surface area contributed by atoms with Gasteiger partial charge in [0.2, 0.25) is 0 Å². The molecule has 0 saturated heterocycles. The molecule has 0 spiro atoms. The molecule has 174 valence electrons. The van der Waals surface area contributed by atoms with Gasteiger partial charge in [0, 0.05) is 36.5 Å². The average molecular weight is 464 g/mol. The maximum absolute atomic E-state index is 11.8. The molecular formula is C28H25N5O2. The summed E-state index contributed by atoms with van der Waals surface area (Å²) in [7, 11) is 0. The van der Waals surface area contributed by atoms with Gasteiger partial charge >= 0.3 is 5.97 Å². The lowest BCUT2D eigenvalue weighted by atomic mass is 10.0. The third kappa shape index (κ3) is 5.09. The van der Waals surface area contributed by atoms with Gasteiger partial charge in [0.05, 0.1) is 17.6 Å². The molecule has 0 aliphatic rings. The summed E-state index contributed by atoms with van der Waals surface area (Å²) in [5, 5.41) is 4.80. The second kappa shape index (κ2) is 10.3. The van der Waals surface area contributed by atoms with Crippen molar-refractivity contribution in [1.29, 1.82) is 0 Å². The number of benzene rings is 3. The van der Waals surface area contributed by atoms with Crippen LogP contribution in [0.5, 0.6) is 0 Å². The summed E-state index contributed by atoms with van der Waals surface area (Å²) < 4.78 is 6.92. The van der Waals surface area contributed by atoms with Crippen LogP contribution in [-0.4, -0.2) is 37.3 Å². The molecule has 0 amide bonds. The first-order valence-electron chi connectivity index (χ1n) is 11.7. The number of aryl methyl sites for hydroxylation is 1. The summed E-state index contributed by atoms with van der Waals surface area (Å²) in [6, 6.07) is 24.4. The third-order valence-corrected chi connectivity index (χ3v) is 5.71. The van der Waals surface area contributed by atoms with Crippen LogP contribution in [0.2, 0.25) is 0 Å². The van der Waals surface area contributed by atoms with Gasteiger partial charge in [-0.1, -0.05) is 54.6 Å². The van der Waals surface area contributed by atoms with Crippen molar-refractivity contribution in [3.63, 3.8) is 0 Å². The maximum Gasteiger partial charge on any atom is 0.305 e. The first-order chi connectivity index (χ1) is 17.2. The van der Waals surface area contributed by atoms with E-state index in [1.54, 1.807) is 12.4 Å². The molecule has 3 aromatic carbocycles. The molecule has 0 aliphatic heterocycles. The van der Waals surface area contributed by atoms with E-state index in [1.165, 1.54) is 0 Å². The number of carbonyl (C=O) groups excluding carboxylic acids is 1. The minimum Gasteiger partial charge on any atom is -0.466 e. The van der Waals surface area contributed by atoms with Crippen LogP contribution in [0.4, 0.5) is 0 Å². The van der Waals surface area contributed by atoms with E-state index in [-0.39, 0.29) is 5.97 Å². The minimum atomic E-state index is -0.202. The van der Waals surface area contributed by atoms with Gasteiger partial charge < -0.3 is 4.74 Å². The van der Waals surface area contributed by atoms with E-state index in [1.807, 2.05) is 60.1 Å². The van der Waals surface area contributed by atoms with Crippen LogP contribution in [0.3, 0.4) is 0 Å². The van der Waals surface area contributed by atoms with Crippen molar-refractivity contribution < 1.29 is 9.53 Å². The van der Waals surface area contributed by atoms with E-state index in [4.69, 9.17) is 14.8 Å². The van der Waals surface area contributed by atoms with Crippen LogP contribution in [0.25, 0.3) is 44.9 Å². The predicted octanol–water partition coefficient (Wildman–Crippen LogP) is 5.57. The lowest BCUT2D eigenvalue weighted by molar-refractivity contribution is -0.143. The Morgan fingerprint density at radius 2 is 1.51 bits per heavy atom. The van der Waals surface area contributed by atoms with Crippen LogP contribution in [0.15, 0.2) is 85.2 Å². The Balaban J connectivity index is 1.47. The molecule has 7 nitrogen and oxygen atoms in total. The van der Waals surface area contributed by atoms with Crippen molar-refractivity contribution in [3.05, 3.63) is 85.2 Å². The number of carbonyl (C=O) groups is 1. The number of aromatic nitrogens is 5. The fourth-order valence-electron chi connectivity index (χ4n) is 3.98. The predicted molar refractivity (Wildman–Crippen MR) is 135 cm³/mol. The standard InChI is InChI=1S/C28H25N5O2/c1-2-35-26(34)9-6-18-33-28(23-14-15-24-25(19-23)30-17-16-29-24)31-27(32-33)22-12-10-21(11-13-22)20-7-4-3-5-8-20/h3-5,7-8,10-17,19H,2,6,9,18H2,1H3. The zero-order valence-corrected chi connectivity index (χ0v) is 19.5. The fourth-order valence-corrected chi connectivity index (χ4v) is 3.98. The number of hydrogen-bond acceptors (Lipinski definition) is 6. The molecule has 5 rings (SSSR count). The van der Waals surface area contributed by atoms with Gasteiger partial charge in [0.1, 0.15) is 0 Å². The van der Waals surface area contributed by atoms with Gasteiger partial charge in [-0.3, -0.25) is 14.8 Å². The molecule has 0 unspecified atom stereocenters. The Labute approximate surface area is 203 Å². The van der Waals surface area contributed by atoms with E-state index in [9.17, 15) is 4.79 Å². The number of hydrogen-bond donors (Lipinski definition) is 0. The molecule has 2 aromatic heterocycles. The van der Waals surface area contributed by atoms with Crippen LogP contribution in [0, 0.1) is 0 Å². The van der Waals surface area contributed by atoms with Gasteiger partial charge in [-0.05, 0) is 42.7 Å². The minimum absolute atomic E-state index is 0.202. The molecule has 0 N–H and O–H groups in total. The average Bonchev–Trinajstić information content (AvgIpc) is 3.33. The van der Waals surface area contributed by atoms with Crippen molar-refractivity contribution >= 4 is 17.0 Å². The monoisotopic (exact) mass is 463 g/mol. The van der Waals surface area contributed by atoms with Crippen LogP contribution in [0.1, 0.15) is 19.8 Å². The Kier molecular flexibility index (Phi) is 6.57. The molecule has 0 aliphatic carbocycles. The zero-order chi connectivity index (χ0) is 24.0. The Hall–Kier alpha value is -4.39. The maximum atomic E-state index is 11.8. The highest BCUT2D eigenvalue weighted by molar-refractivity contribution is 5.80. The van der Waals surface area contributed by atoms with Crippen molar-refractivity contribution in [3.8, 4) is 33.9 Å². The van der Waals surface area contributed by atoms with E-state index >= 15 is 0 Å².